The van der Waals surface area contributed by atoms with E-state index in [-0.39, 0.29) is 17.2 Å². The van der Waals surface area contributed by atoms with Crippen LogP contribution in [0.5, 0.6) is 0 Å². The van der Waals surface area contributed by atoms with Crippen molar-refractivity contribution in [2.75, 3.05) is 5.73 Å². The van der Waals surface area contributed by atoms with Gasteiger partial charge in [0.2, 0.25) is 0 Å². The Morgan fingerprint density at radius 1 is 1.16 bits per heavy atom. The highest BCUT2D eigenvalue weighted by atomic mass is 35.5. The maximum absolute atomic E-state index is 11.9. The minimum absolute atomic E-state index is 0.129. The predicted octanol–water partition coefficient (Wildman–Crippen LogP) is 3.93. The molecule has 0 aromatic heterocycles. The molecule has 0 fully saturated rings. The van der Waals surface area contributed by atoms with Crippen LogP contribution < -0.4 is 5.73 Å². The summed E-state index contributed by atoms with van der Waals surface area (Å²) < 4.78 is 5.17. The third kappa shape index (κ3) is 3.40. The van der Waals surface area contributed by atoms with Gasteiger partial charge >= 0.3 is 5.97 Å². The first-order valence-corrected chi connectivity index (χ1v) is 6.29. The van der Waals surface area contributed by atoms with E-state index in [1.165, 1.54) is 0 Å². The van der Waals surface area contributed by atoms with Crippen LogP contribution in [-0.4, -0.2) is 5.97 Å². The van der Waals surface area contributed by atoms with Crippen molar-refractivity contribution >= 4 is 34.9 Å². The number of nitrogen functional groups attached to an aromatic ring is 1. The Kier molecular flexibility index (Phi) is 4.30. The van der Waals surface area contributed by atoms with Crippen molar-refractivity contribution < 1.29 is 9.53 Å². The maximum atomic E-state index is 11.9. The molecular weight excluding hydrogens is 285 g/mol. The minimum atomic E-state index is -0.516. The van der Waals surface area contributed by atoms with Crippen molar-refractivity contribution in [3.05, 3.63) is 63.6 Å². The van der Waals surface area contributed by atoms with Gasteiger partial charge in [-0.3, -0.25) is 0 Å². The number of hydrogen-bond donors (Lipinski definition) is 1. The van der Waals surface area contributed by atoms with Crippen molar-refractivity contribution in [1.82, 2.24) is 0 Å². The molecule has 0 bridgehead atoms. The van der Waals surface area contributed by atoms with Crippen molar-refractivity contribution in [2.24, 2.45) is 0 Å². The highest BCUT2D eigenvalue weighted by Crippen LogP contribution is 2.24. The number of anilines is 1. The number of nitrogens with two attached hydrogens (primary N) is 1. The van der Waals surface area contributed by atoms with Gasteiger partial charge < -0.3 is 10.5 Å². The lowest BCUT2D eigenvalue weighted by molar-refractivity contribution is 0.0473. The van der Waals surface area contributed by atoms with E-state index in [1.807, 2.05) is 6.07 Å². The molecule has 0 radical (unpaired) electrons. The summed E-state index contributed by atoms with van der Waals surface area (Å²) in [6, 6.07) is 11.9. The second-order valence-corrected chi connectivity index (χ2v) is 4.73. The number of carbonyl (C=O) groups is 1. The van der Waals surface area contributed by atoms with Gasteiger partial charge in [0.1, 0.15) is 6.61 Å². The molecule has 5 heteroatoms. The lowest BCUT2D eigenvalue weighted by Gasteiger charge is -2.07. The molecule has 0 amide bonds. The van der Waals surface area contributed by atoms with Gasteiger partial charge in [-0.05, 0) is 29.8 Å². The zero-order valence-corrected chi connectivity index (χ0v) is 11.4. The number of rotatable bonds is 3. The summed E-state index contributed by atoms with van der Waals surface area (Å²) in [6.45, 7) is 0.129. The van der Waals surface area contributed by atoms with E-state index in [1.54, 1.807) is 36.4 Å². The van der Waals surface area contributed by atoms with Crippen molar-refractivity contribution in [1.29, 1.82) is 0 Å². The Morgan fingerprint density at radius 3 is 2.63 bits per heavy atom. The lowest BCUT2D eigenvalue weighted by atomic mass is 10.2. The Bertz CT molecular complexity index is 614. The Hall–Kier alpha value is -1.71. The molecule has 0 aliphatic heterocycles. The van der Waals surface area contributed by atoms with Gasteiger partial charge in [0.05, 0.1) is 16.3 Å². The molecule has 3 nitrogen and oxygen atoms in total. The first kappa shape index (κ1) is 13.7. The van der Waals surface area contributed by atoms with Gasteiger partial charge in [0, 0.05) is 5.02 Å². The molecule has 0 aliphatic rings. The smallest absolute Gasteiger partial charge is 0.340 e. The second kappa shape index (κ2) is 5.95. The number of halogens is 2. The van der Waals surface area contributed by atoms with Gasteiger partial charge in [-0.1, -0.05) is 41.4 Å². The summed E-state index contributed by atoms with van der Waals surface area (Å²) in [5.74, 6) is -0.516. The molecule has 98 valence electrons. The Labute approximate surface area is 120 Å². The normalized spacial score (nSPS) is 10.2. The molecule has 0 atom stereocenters. The highest BCUT2D eigenvalue weighted by molar-refractivity contribution is 6.36. The van der Waals surface area contributed by atoms with E-state index in [2.05, 4.69) is 0 Å². The summed E-state index contributed by atoms with van der Waals surface area (Å²) in [7, 11) is 0. The van der Waals surface area contributed by atoms with Crippen LogP contribution in [0, 0.1) is 0 Å². The standard InChI is InChI=1S/C14H11Cl2NO2/c15-10-4-1-3-9(7-10)8-19-14(18)11-5-2-6-12(17)13(11)16/h1-7H,8,17H2. The average molecular weight is 296 g/mol. The van der Waals surface area contributed by atoms with E-state index in [9.17, 15) is 4.79 Å². The summed E-state index contributed by atoms with van der Waals surface area (Å²) in [6.07, 6.45) is 0. The van der Waals surface area contributed by atoms with Gasteiger partial charge in [0.25, 0.3) is 0 Å². The van der Waals surface area contributed by atoms with Crippen LogP contribution >= 0.6 is 23.2 Å². The molecular formula is C14H11Cl2NO2. The van der Waals surface area contributed by atoms with Crippen LogP contribution in [0.1, 0.15) is 15.9 Å². The average Bonchev–Trinajstić information content (AvgIpc) is 2.39. The molecule has 0 saturated carbocycles. The van der Waals surface area contributed by atoms with Gasteiger partial charge in [0.15, 0.2) is 0 Å². The second-order valence-electron chi connectivity index (χ2n) is 3.91. The quantitative estimate of drug-likeness (QED) is 0.689. The fraction of sp³-hybridized carbons (Fsp3) is 0.0714. The van der Waals surface area contributed by atoms with E-state index in [4.69, 9.17) is 33.7 Å². The van der Waals surface area contributed by atoms with Crippen molar-refractivity contribution in [3.8, 4) is 0 Å². The first-order valence-electron chi connectivity index (χ1n) is 5.53. The van der Waals surface area contributed by atoms with Crippen LogP contribution in [0.4, 0.5) is 5.69 Å². The number of hydrogen-bond acceptors (Lipinski definition) is 3. The molecule has 2 aromatic rings. The SMILES string of the molecule is Nc1cccc(C(=O)OCc2cccc(Cl)c2)c1Cl. The van der Waals surface area contributed by atoms with Crippen LogP contribution in [-0.2, 0) is 11.3 Å². The number of carbonyl (C=O) groups excluding carboxylic acids is 1. The molecule has 19 heavy (non-hydrogen) atoms. The molecule has 0 heterocycles. The fourth-order valence-corrected chi connectivity index (χ4v) is 1.98. The van der Waals surface area contributed by atoms with Crippen molar-refractivity contribution in [3.63, 3.8) is 0 Å². The zero-order valence-electron chi connectivity index (χ0n) is 9.90. The van der Waals surface area contributed by atoms with Crippen LogP contribution in [0.2, 0.25) is 10.0 Å². The monoisotopic (exact) mass is 295 g/mol. The van der Waals surface area contributed by atoms with E-state index >= 15 is 0 Å². The molecule has 2 N–H and O–H groups in total. The summed E-state index contributed by atoms with van der Waals surface area (Å²) in [5, 5.41) is 0.800. The Balaban J connectivity index is 2.08. The first-order chi connectivity index (χ1) is 9.08. The van der Waals surface area contributed by atoms with Crippen LogP contribution in [0.15, 0.2) is 42.5 Å². The molecule has 0 saturated heterocycles. The van der Waals surface area contributed by atoms with Crippen molar-refractivity contribution in [2.45, 2.75) is 6.61 Å². The van der Waals surface area contributed by atoms with E-state index in [0.717, 1.165) is 5.56 Å². The fourth-order valence-electron chi connectivity index (χ4n) is 1.56. The number of ether oxygens (including phenoxy) is 1. The lowest BCUT2D eigenvalue weighted by Crippen LogP contribution is -2.07. The molecule has 0 unspecified atom stereocenters. The third-order valence-electron chi connectivity index (χ3n) is 2.51. The zero-order chi connectivity index (χ0) is 13.8. The molecule has 0 aliphatic carbocycles. The Morgan fingerprint density at radius 2 is 1.89 bits per heavy atom. The van der Waals surface area contributed by atoms with Crippen LogP contribution in [0.3, 0.4) is 0 Å². The minimum Gasteiger partial charge on any atom is -0.457 e. The van der Waals surface area contributed by atoms with E-state index in [0.29, 0.717) is 10.7 Å². The topological polar surface area (TPSA) is 52.3 Å². The van der Waals surface area contributed by atoms with Gasteiger partial charge in [-0.2, -0.15) is 0 Å². The van der Waals surface area contributed by atoms with Gasteiger partial charge in [-0.25, -0.2) is 4.79 Å². The summed E-state index contributed by atoms with van der Waals surface area (Å²) >= 11 is 11.8. The maximum Gasteiger partial charge on any atom is 0.340 e. The van der Waals surface area contributed by atoms with E-state index < -0.39 is 5.97 Å². The van der Waals surface area contributed by atoms with Gasteiger partial charge in [-0.15, -0.1) is 0 Å². The molecule has 2 rings (SSSR count). The van der Waals surface area contributed by atoms with Crippen LogP contribution in [0.25, 0.3) is 0 Å². The summed E-state index contributed by atoms with van der Waals surface area (Å²) in [4.78, 5) is 11.9. The number of esters is 1. The molecule has 2 aromatic carbocycles. The largest absolute Gasteiger partial charge is 0.457 e. The molecule has 0 spiro atoms. The highest BCUT2D eigenvalue weighted by Gasteiger charge is 2.13. The third-order valence-corrected chi connectivity index (χ3v) is 3.16. The number of benzene rings is 2. The summed E-state index contributed by atoms with van der Waals surface area (Å²) in [5.41, 5.74) is 7.03. The predicted molar refractivity (Wildman–Crippen MR) is 76.4 cm³/mol.